The zero-order valence-electron chi connectivity index (χ0n) is 22.1. The van der Waals surface area contributed by atoms with Crippen LogP contribution in [0.15, 0.2) is 109 Å². The Balaban J connectivity index is 1.40. The van der Waals surface area contributed by atoms with E-state index in [9.17, 15) is 0 Å². The first-order chi connectivity index (χ1) is 18.7. The van der Waals surface area contributed by atoms with Gasteiger partial charge in [0.1, 0.15) is 0 Å². The summed E-state index contributed by atoms with van der Waals surface area (Å²) in [5.74, 6) is 0. The summed E-state index contributed by atoms with van der Waals surface area (Å²) in [6.07, 6.45) is 11.0. The van der Waals surface area contributed by atoms with Crippen molar-refractivity contribution in [3.05, 3.63) is 143 Å². The van der Waals surface area contributed by atoms with Gasteiger partial charge < -0.3 is 0 Å². The number of hydrogen-bond acceptors (Lipinski definition) is 0. The molecule has 0 heteroatoms. The smallest absolute Gasteiger partial charge is 0.00930 e. The summed E-state index contributed by atoms with van der Waals surface area (Å²) in [4.78, 5) is 0. The zero-order valence-corrected chi connectivity index (χ0v) is 22.1. The standard InChI is InChI=1S/C38H32/c1-3-27-9-13-29(14-10-27)17-19-31-21-23-35-36-24-22-32(20-18-30-15-11-28(4-2)12-16-30)26-38(36)34-8-6-5-7-33(34)37(35)25-31/h5-26H,3-4H2,1-2H3/b19-17+,20-18+. The monoisotopic (exact) mass is 488 g/mol. The van der Waals surface area contributed by atoms with Crippen LogP contribution in [0.1, 0.15) is 47.2 Å². The van der Waals surface area contributed by atoms with Crippen LogP contribution in [0.5, 0.6) is 0 Å². The normalized spacial score (nSPS) is 11.9. The second-order valence-corrected chi connectivity index (χ2v) is 10.0. The molecule has 0 spiro atoms. The number of benzene rings is 6. The summed E-state index contributed by atoms with van der Waals surface area (Å²) in [6, 6.07) is 40.2. The first-order valence-corrected chi connectivity index (χ1v) is 13.6. The van der Waals surface area contributed by atoms with Crippen LogP contribution in [0.2, 0.25) is 0 Å². The van der Waals surface area contributed by atoms with E-state index in [1.807, 2.05) is 0 Å². The lowest BCUT2D eigenvalue weighted by Crippen LogP contribution is -1.85. The van der Waals surface area contributed by atoms with Gasteiger partial charge in [-0.05, 0) is 90.7 Å². The SMILES string of the molecule is CCc1ccc(/C=C/c2ccc3c4ccc(/C=C/c5ccc(CC)cc5)cc4c4ccccc4c3c2)cc1. The third kappa shape index (κ3) is 4.78. The maximum absolute atomic E-state index is 2.34. The van der Waals surface area contributed by atoms with Crippen LogP contribution >= 0.6 is 0 Å². The van der Waals surface area contributed by atoms with Gasteiger partial charge in [0.05, 0.1) is 0 Å². The van der Waals surface area contributed by atoms with Gasteiger partial charge in [-0.25, -0.2) is 0 Å². The van der Waals surface area contributed by atoms with E-state index < -0.39 is 0 Å². The highest BCUT2D eigenvalue weighted by Gasteiger charge is 2.09. The third-order valence-electron chi connectivity index (χ3n) is 7.60. The molecule has 0 aromatic heterocycles. The lowest BCUT2D eigenvalue weighted by molar-refractivity contribution is 1.14. The van der Waals surface area contributed by atoms with Gasteiger partial charge >= 0.3 is 0 Å². The molecule has 6 aromatic carbocycles. The highest BCUT2D eigenvalue weighted by atomic mass is 14.1. The van der Waals surface area contributed by atoms with E-state index in [0.29, 0.717) is 0 Å². The molecule has 0 unspecified atom stereocenters. The molecular weight excluding hydrogens is 456 g/mol. The summed E-state index contributed by atoms with van der Waals surface area (Å²) in [6.45, 7) is 4.38. The Morgan fingerprint density at radius 1 is 0.368 bits per heavy atom. The maximum atomic E-state index is 2.34. The molecule has 0 amide bonds. The first-order valence-electron chi connectivity index (χ1n) is 13.6. The van der Waals surface area contributed by atoms with Crippen molar-refractivity contribution in [3.8, 4) is 0 Å². The average molecular weight is 489 g/mol. The Kier molecular flexibility index (Phi) is 6.63. The fraction of sp³-hybridized carbons (Fsp3) is 0.105. The molecule has 6 aromatic rings. The Hall–Kier alpha value is -4.42. The highest BCUT2D eigenvalue weighted by Crippen LogP contribution is 2.36. The van der Waals surface area contributed by atoms with Crippen molar-refractivity contribution in [3.63, 3.8) is 0 Å². The van der Waals surface area contributed by atoms with Crippen molar-refractivity contribution in [1.29, 1.82) is 0 Å². The second-order valence-electron chi connectivity index (χ2n) is 10.0. The summed E-state index contributed by atoms with van der Waals surface area (Å²) >= 11 is 0. The molecule has 0 atom stereocenters. The van der Waals surface area contributed by atoms with E-state index in [1.165, 1.54) is 65.7 Å². The van der Waals surface area contributed by atoms with Crippen LogP contribution in [-0.4, -0.2) is 0 Å². The summed E-state index contributed by atoms with van der Waals surface area (Å²) < 4.78 is 0. The summed E-state index contributed by atoms with van der Waals surface area (Å²) in [7, 11) is 0. The van der Waals surface area contributed by atoms with E-state index in [-0.39, 0.29) is 0 Å². The fourth-order valence-corrected chi connectivity index (χ4v) is 5.31. The third-order valence-corrected chi connectivity index (χ3v) is 7.60. The minimum Gasteiger partial charge on any atom is -0.0616 e. The van der Waals surface area contributed by atoms with Gasteiger partial charge in [0.15, 0.2) is 0 Å². The van der Waals surface area contributed by atoms with Gasteiger partial charge in [0.2, 0.25) is 0 Å². The molecule has 6 rings (SSSR count). The van der Waals surface area contributed by atoms with E-state index in [1.54, 1.807) is 0 Å². The predicted octanol–water partition coefficient (Wildman–Crippen LogP) is 10.6. The molecule has 184 valence electrons. The molecule has 0 N–H and O–H groups in total. The molecule has 0 aliphatic rings. The van der Waals surface area contributed by atoms with Crippen LogP contribution in [0.3, 0.4) is 0 Å². The molecular formula is C38H32. The molecule has 0 aliphatic carbocycles. The predicted molar refractivity (Wildman–Crippen MR) is 168 cm³/mol. The Morgan fingerprint density at radius 2 is 0.711 bits per heavy atom. The summed E-state index contributed by atoms with van der Waals surface area (Å²) in [5, 5.41) is 7.80. The lowest BCUT2D eigenvalue weighted by atomic mass is 9.92. The van der Waals surface area contributed by atoms with Gasteiger partial charge in [0.25, 0.3) is 0 Å². The zero-order chi connectivity index (χ0) is 25.9. The number of rotatable bonds is 6. The van der Waals surface area contributed by atoms with Crippen molar-refractivity contribution in [2.24, 2.45) is 0 Å². The van der Waals surface area contributed by atoms with E-state index in [4.69, 9.17) is 0 Å². The van der Waals surface area contributed by atoms with E-state index in [2.05, 4.69) is 147 Å². The lowest BCUT2D eigenvalue weighted by Gasteiger charge is -2.12. The number of hydrogen-bond donors (Lipinski definition) is 0. The van der Waals surface area contributed by atoms with Crippen molar-refractivity contribution in [2.75, 3.05) is 0 Å². The van der Waals surface area contributed by atoms with Crippen LogP contribution < -0.4 is 0 Å². The van der Waals surface area contributed by atoms with Gasteiger partial charge in [-0.3, -0.25) is 0 Å². The van der Waals surface area contributed by atoms with Crippen molar-refractivity contribution < 1.29 is 0 Å². The van der Waals surface area contributed by atoms with Crippen LogP contribution in [-0.2, 0) is 12.8 Å². The molecule has 0 fully saturated rings. The molecule has 0 saturated carbocycles. The fourth-order valence-electron chi connectivity index (χ4n) is 5.31. The maximum Gasteiger partial charge on any atom is -0.00930 e. The van der Waals surface area contributed by atoms with Gasteiger partial charge in [-0.2, -0.15) is 0 Å². The number of fused-ring (bicyclic) bond motifs is 6. The molecule has 0 saturated heterocycles. The first kappa shape index (κ1) is 23.9. The van der Waals surface area contributed by atoms with Crippen LogP contribution in [0, 0.1) is 0 Å². The topological polar surface area (TPSA) is 0 Å². The molecule has 0 nitrogen and oxygen atoms in total. The molecule has 38 heavy (non-hydrogen) atoms. The van der Waals surface area contributed by atoms with Crippen molar-refractivity contribution in [2.45, 2.75) is 26.7 Å². The largest absolute Gasteiger partial charge is 0.0616 e. The van der Waals surface area contributed by atoms with Gasteiger partial charge in [0, 0.05) is 0 Å². The molecule has 0 heterocycles. The summed E-state index contributed by atoms with van der Waals surface area (Å²) in [5.41, 5.74) is 7.64. The highest BCUT2D eigenvalue weighted by molar-refractivity contribution is 6.25. The van der Waals surface area contributed by atoms with Crippen LogP contribution in [0.4, 0.5) is 0 Å². The Labute approximate surface area is 225 Å². The molecule has 0 bridgehead atoms. The Morgan fingerprint density at radius 3 is 1.11 bits per heavy atom. The average Bonchev–Trinajstić information content (AvgIpc) is 2.99. The Bertz CT molecular complexity index is 1640. The van der Waals surface area contributed by atoms with E-state index >= 15 is 0 Å². The van der Waals surface area contributed by atoms with Crippen LogP contribution in [0.25, 0.3) is 56.6 Å². The van der Waals surface area contributed by atoms with Crippen molar-refractivity contribution in [1.82, 2.24) is 0 Å². The minimum absolute atomic E-state index is 1.07. The molecule has 0 aliphatic heterocycles. The van der Waals surface area contributed by atoms with E-state index in [0.717, 1.165) is 12.8 Å². The van der Waals surface area contributed by atoms with Gasteiger partial charge in [-0.1, -0.05) is 135 Å². The second kappa shape index (κ2) is 10.5. The number of aryl methyl sites for hydroxylation is 2. The quantitative estimate of drug-likeness (QED) is 0.161. The molecule has 0 radical (unpaired) electrons. The van der Waals surface area contributed by atoms with Crippen molar-refractivity contribution >= 4 is 56.6 Å². The minimum atomic E-state index is 1.07. The van der Waals surface area contributed by atoms with Gasteiger partial charge in [-0.15, -0.1) is 0 Å².